The third-order valence-electron chi connectivity index (χ3n) is 4.60. The summed E-state index contributed by atoms with van der Waals surface area (Å²) in [4.78, 5) is 50.9. The van der Waals surface area contributed by atoms with Crippen molar-refractivity contribution in [3.05, 3.63) is 28.2 Å². The third-order valence-corrected chi connectivity index (χ3v) is 4.60. The minimum absolute atomic E-state index is 0.0865. The largest absolute Gasteiger partial charge is 0.515 e. The van der Waals surface area contributed by atoms with Crippen molar-refractivity contribution in [2.24, 2.45) is 0 Å². The first-order chi connectivity index (χ1) is 13.2. The van der Waals surface area contributed by atoms with Crippen molar-refractivity contribution >= 4 is 18.0 Å². The fourth-order valence-electron chi connectivity index (χ4n) is 3.19. The molecule has 3 rings (SSSR count). The van der Waals surface area contributed by atoms with E-state index in [9.17, 15) is 19.2 Å². The van der Waals surface area contributed by atoms with Crippen LogP contribution in [0.5, 0.6) is 5.75 Å². The van der Waals surface area contributed by atoms with Gasteiger partial charge in [-0.1, -0.05) is 0 Å². The van der Waals surface area contributed by atoms with Crippen molar-refractivity contribution in [1.82, 2.24) is 9.58 Å². The Kier molecular flexibility index (Phi) is 5.30. The number of esters is 1. The van der Waals surface area contributed by atoms with Crippen LogP contribution in [-0.4, -0.2) is 52.5 Å². The zero-order valence-electron chi connectivity index (χ0n) is 16.0. The lowest BCUT2D eigenvalue weighted by molar-refractivity contribution is -0.162. The van der Waals surface area contributed by atoms with Gasteiger partial charge in [0, 0.05) is 18.8 Å². The van der Waals surface area contributed by atoms with Crippen LogP contribution >= 0.6 is 0 Å². The molecule has 10 heteroatoms. The van der Waals surface area contributed by atoms with Gasteiger partial charge >= 0.3 is 12.1 Å². The second kappa shape index (κ2) is 7.53. The number of ether oxygens (including phenoxy) is 3. The first kappa shape index (κ1) is 19.7. The predicted octanol–water partition coefficient (Wildman–Crippen LogP) is 1.21. The number of amides is 1. The number of nitrogens with zero attached hydrogens (tertiary/aromatic N) is 2. The van der Waals surface area contributed by atoms with Gasteiger partial charge in [-0.2, -0.15) is 0 Å². The molecule has 1 aromatic heterocycles. The molecule has 1 N–H and O–H groups in total. The van der Waals surface area contributed by atoms with Gasteiger partial charge in [-0.15, -0.1) is 0 Å². The molecule has 1 fully saturated rings. The lowest BCUT2D eigenvalue weighted by Gasteiger charge is -2.41. The molecule has 0 bridgehead atoms. The van der Waals surface area contributed by atoms with Crippen LogP contribution in [0.15, 0.2) is 17.1 Å². The lowest BCUT2D eigenvalue weighted by atomic mass is 10.1. The van der Waals surface area contributed by atoms with Crippen LogP contribution in [0.4, 0.5) is 4.79 Å². The molecule has 10 nitrogen and oxygen atoms in total. The molecule has 0 aliphatic carbocycles. The molecule has 0 radical (unpaired) electrons. The van der Waals surface area contributed by atoms with Gasteiger partial charge in [-0.3, -0.25) is 14.3 Å². The highest BCUT2D eigenvalue weighted by Gasteiger charge is 2.39. The molecule has 28 heavy (non-hydrogen) atoms. The topological polar surface area (TPSA) is 116 Å². The van der Waals surface area contributed by atoms with Crippen LogP contribution in [0, 0.1) is 0 Å². The Balaban J connectivity index is 1.86. The lowest BCUT2D eigenvalue weighted by Crippen LogP contribution is -2.56. The van der Waals surface area contributed by atoms with Gasteiger partial charge in [0.25, 0.3) is 5.91 Å². The molecule has 1 saturated heterocycles. The number of hydrogen-bond acceptors (Lipinski definition) is 8. The smallest absolute Gasteiger partial charge is 0.463 e. The number of fused-ring (bicyclic) bond motifs is 2. The molecule has 0 saturated carbocycles. The fourth-order valence-corrected chi connectivity index (χ4v) is 3.19. The Labute approximate surface area is 161 Å². The monoisotopic (exact) mass is 393 g/mol. The summed E-state index contributed by atoms with van der Waals surface area (Å²) >= 11 is 0. The molecule has 0 unspecified atom stereocenters. The standard InChI is InChI=1S/C18H23N3O7/c1-4-26-16(24)18(2,3)28-17(25)27-14-11(22)8-10-21-13(14)15(23)20-9-6-5-7-12(20)19-21/h8,10,12,19H,4-7,9H2,1-3H3/t12-/m0/s1. The zero-order chi connectivity index (χ0) is 20.5. The minimum Gasteiger partial charge on any atom is -0.463 e. The number of rotatable bonds is 4. The first-order valence-electron chi connectivity index (χ1n) is 9.16. The number of piperidine rings is 1. The van der Waals surface area contributed by atoms with Crippen LogP contribution < -0.4 is 15.6 Å². The highest BCUT2D eigenvalue weighted by molar-refractivity contribution is 5.97. The highest BCUT2D eigenvalue weighted by atomic mass is 16.7. The maximum atomic E-state index is 12.9. The number of nitrogens with one attached hydrogen (secondary N) is 1. The van der Waals surface area contributed by atoms with Crippen molar-refractivity contribution in [1.29, 1.82) is 0 Å². The van der Waals surface area contributed by atoms with Gasteiger partial charge in [0.15, 0.2) is 5.69 Å². The van der Waals surface area contributed by atoms with E-state index in [4.69, 9.17) is 14.2 Å². The average molecular weight is 393 g/mol. The number of aromatic nitrogens is 1. The Morgan fingerprint density at radius 2 is 2.04 bits per heavy atom. The van der Waals surface area contributed by atoms with Crippen molar-refractivity contribution in [3.63, 3.8) is 0 Å². The van der Waals surface area contributed by atoms with Crippen LogP contribution in [0.2, 0.25) is 0 Å². The van der Waals surface area contributed by atoms with E-state index in [1.807, 2.05) is 0 Å². The number of carbonyl (C=O) groups excluding carboxylic acids is 3. The summed E-state index contributed by atoms with van der Waals surface area (Å²) in [5, 5.41) is 0. The SMILES string of the molecule is CCOC(=O)C(C)(C)OC(=O)Oc1c2n(ccc1=O)N[C@@H]1CCCCN1C2=O. The Morgan fingerprint density at radius 3 is 2.75 bits per heavy atom. The molecule has 1 aromatic rings. The first-order valence-corrected chi connectivity index (χ1v) is 9.16. The Morgan fingerprint density at radius 1 is 1.29 bits per heavy atom. The van der Waals surface area contributed by atoms with Gasteiger partial charge in [0.1, 0.15) is 6.17 Å². The third kappa shape index (κ3) is 3.67. The van der Waals surface area contributed by atoms with E-state index in [-0.39, 0.29) is 18.5 Å². The molecule has 1 atom stereocenters. The minimum atomic E-state index is -1.61. The molecule has 1 amide bonds. The maximum absolute atomic E-state index is 12.9. The van der Waals surface area contributed by atoms with Gasteiger partial charge in [0.2, 0.25) is 16.8 Å². The van der Waals surface area contributed by atoms with Crippen molar-refractivity contribution in [3.8, 4) is 5.75 Å². The fraction of sp³-hybridized carbons (Fsp3) is 0.556. The molecule has 152 valence electrons. The molecular formula is C18H23N3O7. The molecule has 3 heterocycles. The van der Waals surface area contributed by atoms with E-state index < -0.39 is 34.8 Å². The van der Waals surface area contributed by atoms with Gasteiger partial charge in [-0.05, 0) is 40.0 Å². The van der Waals surface area contributed by atoms with Gasteiger partial charge < -0.3 is 24.5 Å². The number of carbonyl (C=O) groups is 3. The van der Waals surface area contributed by atoms with E-state index in [0.717, 1.165) is 19.3 Å². The summed E-state index contributed by atoms with van der Waals surface area (Å²) in [6, 6.07) is 1.18. The average Bonchev–Trinajstić information content (AvgIpc) is 2.64. The van der Waals surface area contributed by atoms with Crippen molar-refractivity contribution < 1.29 is 28.6 Å². The summed E-state index contributed by atoms with van der Waals surface area (Å²) in [5.41, 5.74) is 0.781. The quantitative estimate of drug-likeness (QED) is 0.759. The van der Waals surface area contributed by atoms with Crippen LogP contribution in [-0.2, 0) is 14.3 Å². The molecule has 0 spiro atoms. The van der Waals surface area contributed by atoms with E-state index >= 15 is 0 Å². The Bertz CT molecular complexity index is 861. The number of pyridine rings is 1. The maximum Gasteiger partial charge on any atom is 0.515 e. The number of hydrogen-bond donors (Lipinski definition) is 1. The van der Waals surface area contributed by atoms with Crippen molar-refractivity contribution in [2.75, 3.05) is 18.6 Å². The molecular weight excluding hydrogens is 370 g/mol. The van der Waals surface area contributed by atoms with Crippen LogP contribution in [0.3, 0.4) is 0 Å². The summed E-state index contributed by atoms with van der Waals surface area (Å²) in [7, 11) is 0. The van der Waals surface area contributed by atoms with Crippen LogP contribution in [0.25, 0.3) is 0 Å². The summed E-state index contributed by atoms with van der Waals surface area (Å²) in [6.45, 7) is 4.95. The second-order valence-electron chi connectivity index (χ2n) is 7.05. The second-order valence-corrected chi connectivity index (χ2v) is 7.05. The summed E-state index contributed by atoms with van der Waals surface area (Å²) < 4.78 is 16.3. The van der Waals surface area contributed by atoms with E-state index in [2.05, 4.69) is 5.43 Å². The van der Waals surface area contributed by atoms with Gasteiger partial charge in [-0.25, -0.2) is 9.59 Å². The van der Waals surface area contributed by atoms with E-state index in [1.165, 1.54) is 30.8 Å². The van der Waals surface area contributed by atoms with Gasteiger partial charge in [0.05, 0.1) is 6.61 Å². The highest BCUT2D eigenvalue weighted by Crippen LogP contribution is 2.26. The van der Waals surface area contributed by atoms with E-state index in [1.54, 1.807) is 11.8 Å². The summed E-state index contributed by atoms with van der Waals surface area (Å²) in [5.74, 6) is -1.62. The van der Waals surface area contributed by atoms with E-state index in [0.29, 0.717) is 6.54 Å². The molecule has 2 aliphatic heterocycles. The molecule has 2 aliphatic rings. The molecule has 0 aromatic carbocycles. The summed E-state index contributed by atoms with van der Waals surface area (Å²) in [6.07, 6.45) is 2.57. The zero-order valence-corrected chi connectivity index (χ0v) is 16.0. The van der Waals surface area contributed by atoms with Crippen LogP contribution in [0.1, 0.15) is 50.5 Å². The predicted molar refractivity (Wildman–Crippen MR) is 96.6 cm³/mol. The van der Waals surface area contributed by atoms with Crippen molar-refractivity contribution in [2.45, 2.75) is 51.8 Å². The Hall–Kier alpha value is -3.04. The normalized spacial score (nSPS) is 18.5.